The second-order valence-electron chi connectivity index (χ2n) is 3.75. The Labute approximate surface area is 87.6 Å². The van der Waals surface area contributed by atoms with Gasteiger partial charge in [0.05, 0.1) is 6.61 Å². The molecule has 0 radical (unpaired) electrons. The van der Waals surface area contributed by atoms with Crippen molar-refractivity contribution in [3.05, 3.63) is 24.0 Å². The molecule has 0 saturated carbocycles. The van der Waals surface area contributed by atoms with Crippen molar-refractivity contribution in [2.24, 2.45) is 5.92 Å². The molecule has 1 aliphatic rings. The summed E-state index contributed by atoms with van der Waals surface area (Å²) < 4.78 is 40.6. The number of ether oxygens (including phenoxy) is 1. The molecule has 1 atom stereocenters. The molecule has 0 amide bonds. The molecule has 0 aromatic carbocycles. The van der Waals surface area contributed by atoms with Crippen molar-refractivity contribution in [1.29, 1.82) is 0 Å². The summed E-state index contributed by atoms with van der Waals surface area (Å²) in [6, 6.07) is 0. The molecule has 0 aliphatic heterocycles. The first-order valence-corrected chi connectivity index (χ1v) is 5.05. The minimum Gasteiger partial charge on any atom is -0.494 e. The molecule has 1 nitrogen and oxygen atoms in total. The van der Waals surface area contributed by atoms with Gasteiger partial charge in [-0.3, -0.25) is 0 Å². The molecule has 4 heteroatoms. The molecule has 86 valence electrons. The Bertz CT molecular complexity index is 253. The third-order valence-electron chi connectivity index (χ3n) is 2.15. The smallest absolute Gasteiger partial charge is 0.389 e. The van der Waals surface area contributed by atoms with Crippen molar-refractivity contribution in [1.82, 2.24) is 0 Å². The minimum absolute atomic E-state index is 0.0181. The van der Waals surface area contributed by atoms with Crippen LogP contribution in [0.4, 0.5) is 13.2 Å². The Kier molecular flexibility index (Phi) is 4.24. The van der Waals surface area contributed by atoms with Gasteiger partial charge in [0, 0.05) is 6.42 Å². The summed E-state index contributed by atoms with van der Waals surface area (Å²) in [7, 11) is 0. The van der Waals surface area contributed by atoms with Crippen LogP contribution in [0.1, 0.15) is 26.2 Å². The van der Waals surface area contributed by atoms with E-state index in [4.69, 9.17) is 4.74 Å². The van der Waals surface area contributed by atoms with E-state index in [2.05, 4.69) is 6.92 Å². The first-order chi connectivity index (χ1) is 6.97. The van der Waals surface area contributed by atoms with Gasteiger partial charge in [0.1, 0.15) is 5.76 Å². The maximum Gasteiger partial charge on any atom is 0.389 e. The van der Waals surface area contributed by atoms with E-state index in [0.717, 1.165) is 6.42 Å². The summed E-state index contributed by atoms with van der Waals surface area (Å²) in [5.41, 5.74) is 0. The zero-order chi connectivity index (χ0) is 11.3. The Balaban J connectivity index is 2.14. The van der Waals surface area contributed by atoms with Crippen molar-refractivity contribution >= 4 is 0 Å². The number of hydrogen-bond donors (Lipinski definition) is 0. The van der Waals surface area contributed by atoms with Gasteiger partial charge in [0.2, 0.25) is 0 Å². The van der Waals surface area contributed by atoms with Crippen molar-refractivity contribution in [3.63, 3.8) is 0 Å². The fraction of sp³-hybridized carbons (Fsp3) is 0.636. The molecule has 1 unspecified atom stereocenters. The lowest BCUT2D eigenvalue weighted by atomic mass is 10.0. The highest BCUT2D eigenvalue weighted by molar-refractivity contribution is 5.17. The number of allylic oxidation sites excluding steroid dienone is 3. The largest absolute Gasteiger partial charge is 0.494 e. The molecule has 1 aliphatic carbocycles. The molecule has 0 spiro atoms. The molecular formula is C11H15F3O. The van der Waals surface area contributed by atoms with Gasteiger partial charge in [-0.05, 0) is 30.9 Å². The lowest BCUT2D eigenvalue weighted by Gasteiger charge is -2.13. The van der Waals surface area contributed by atoms with Crippen molar-refractivity contribution in [2.45, 2.75) is 32.4 Å². The zero-order valence-electron chi connectivity index (χ0n) is 8.68. The van der Waals surface area contributed by atoms with Crippen LogP contribution in [0.15, 0.2) is 24.0 Å². The number of rotatable bonds is 4. The Morgan fingerprint density at radius 3 is 2.73 bits per heavy atom. The van der Waals surface area contributed by atoms with E-state index in [-0.39, 0.29) is 13.0 Å². The van der Waals surface area contributed by atoms with E-state index in [1.54, 1.807) is 0 Å². The monoisotopic (exact) mass is 220 g/mol. The van der Waals surface area contributed by atoms with Crippen LogP contribution >= 0.6 is 0 Å². The van der Waals surface area contributed by atoms with Crippen LogP contribution in [-0.4, -0.2) is 12.8 Å². The SMILES string of the molecule is CC1C=CC(OCCCC(F)(F)F)=CC1. The third kappa shape index (κ3) is 5.50. The van der Waals surface area contributed by atoms with Gasteiger partial charge in [-0.2, -0.15) is 13.2 Å². The topological polar surface area (TPSA) is 9.23 Å². The van der Waals surface area contributed by atoms with Gasteiger partial charge in [0.25, 0.3) is 0 Å². The maximum atomic E-state index is 11.8. The normalized spacial score (nSPS) is 21.3. The summed E-state index contributed by atoms with van der Waals surface area (Å²) in [4.78, 5) is 0. The van der Waals surface area contributed by atoms with E-state index in [1.807, 2.05) is 18.2 Å². The first kappa shape index (κ1) is 12.1. The van der Waals surface area contributed by atoms with Crippen molar-refractivity contribution in [2.75, 3.05) is 6.61 Å². The Morgan fingerprint density at radius 1 is 1.47 bits per heavy atom. The average molecular weight is 220 g/mol. The summed E-state index contributed by atoms with van der Waals surface area (Å²) >= 11 is 0. The van der Waals surface area contributed by atoms with Gasteiger partial charge in [0.15, 0.2) is 0 Å². The summed E-state index contributed by atoms with van der Waals surface area (Å²) in [5, 5.41) is 0. The molecular weight excluding hydrogens is 205 g/mol. The third-order valence-corrected chi connectivity index (χ3v) is 2.15. The average Bonchev–Trinajstić information content (AvgIpc) is 2.14. The molecule has 0 aromatic heterocycles. The van der Waals surface area contributed by atoms with Gasteiger partial charge >= 0.3 is 6.18 Å². The highest BCUT2D eigenvalue weighted by atomic mass is 19.4. The van der Waals surface area contributed by atoms with E-state index in [0.29, 0.717) is 11.7 Å². The summed E-state index contributed by atoms with van der Waals surface area (Å²) in [6.45, 7) is 2.21. The van der Waals surface area contributed by atoms with Crippen LogP contribution in [0.5, 0.6) is 0 Å². The number of halogens is 3. The predicted molar refractivity (Wildman–Crippen MR) is 52.2 cm³/mol. The molecule has 0 N–H and O–H groups in total. The Morgan fingerprint density at radius 2 is 2.20 bits per heavy atom. The quantitative estimate of drug-likeness (QED) is 0.654. The van der Waals surface area contributed by atoms with Gasteiger partial charge in [-0.15, -0.1) is 0 Å². The van der Waals surface area contributed by atoms with Gasteiger partial charge < -0.3 is 4.74 Å². The second kappa shape index (κ2) is 5.24. The van der Waals surface area contributed by atoms with Crippen LogP contribution in [0, 0.1) is 5.92 Å². The van der Waals surface area contributed by atoms with Crippen LogP contribution < -0.4 is 0 Å². The lowest BCUT2D eigenvalue weighted by Crippen LogP contribution is -2.09. The molecule has 15 heavy (non-hydrogen) atoms. The summed E-state index contributed by atoms with van der Waals surface area (Å²) in [6.07, 6.45) is 1.80. The van der Waals surface area contributed by atoms with Crippen LogP contribution in [-0.2, 0) is 4.74 Å². The fourth-order valence-corrected chi connectivity index (χ4v) is 1.28. The number of hydrogen-bond acceptors (Lipinski definition) is 1. The molecule has 0 aromatic rings. The summed E-state index contributed by atoms with van der Waals surface area (Å²) in [5.74, 6) is 1.18. The van der Waals surface area contributed by atoms with Crippen molar-refractivity contribution < 1.29 is 17.9 Å². The van der Waals surface area contributed by atoms with E-state index in [1.165, 1.54) is 0 Å². The van der Waals surface area contributed by atoms with Crippen molar-refractivity contribution in [3.8, 4) is 0 Å². The lowest BCUT2D eigenvalue weighted by molar-refractivity contribution is -0.137. The predicted octanol–water partition coefficient (Wildman–Crippen LogP) is 3.83. The Hall–Kier alpha value is -0.930. The zero-order valence-corrected chi connectivity index (χ0v) is 8.68. The standard InChI is InChI=1S/C11H15F3O/c1-9-3-5-10(6-4-9)15-8-2-7-11(12,13)14/h3,5-6,9H,2,4,7-8H2,1H3. The minimum atomic E-state index is -4.07. The van der Waals surface area contributed by atoms with E-state index >= 15 is 0 Å². The molecule has 1 rings (SSSR count). The highest BCUT2D eigenvalue weighted by Gasteiger charge is 2.26. The van der Waals surface area contributed by atoms with Gasteiger partial charge in [-0.25, -0.2) is 0 Å². The molecule has 0 saturated heterocycles. The number of alkyl halides is 3. The first-order valence-electron chi connectivity index (χ1n) is 5.05. The molecule has 0 fully saturated rings. The van der Waals surface area contributed by atoms with Crippen LogP contribution in [0.25, 0.3) is 0 Å². The maximum absolute atomic E-state index is 11.8. The highest BCUT2D eigenvalue weighted by Crippen LogP contribution is 2.22. The van der Waals surface area contributed by atoms with E-state index in [9.17, 15) is 13.2 Å². The van der Waals surface area contributed by atoms with Crippen LogP contribution in [0.3, 0.4) is 0 Å². The van der Waals surface area contributed by atoms with Crippen LogP contribution in [0.2, 0.25) is 0 Å². The van der Waals surface area contributed by atoms with Gasteiger partial charge in [-0.1, -0.05) is 13.0 Å². The molecule has 0 heterocycles. The van der Waals surface area contributed by atoms with E-state index < -0.39 is 12.6 Å². The fourth-order valence-electron chi connectivity index (χ4n) is 1.28. The second-order valence-corrected chi connectivity index (χ2v) is 3.75. The molecule has 0 bridgehead atoms.